The number of benzene rings is 1. The molecule has 6 heteroatoms. The van der Waals surface area contributed by atoms with Gasteiger partial charge in [-0.3, -0.25) is 0 Å². The number of methoxy groups -OCH3 is 1. The Kier molecular flexibility index (Phi) is 3.54. The Bertz CT molecular complexity index is 441. The van der Waals surface area contributed by atoms with Crippen LogP contribution in [0.15, 0.2) is 23.1 Å². The van der Waals surface area contributed by atoms with Crippen LogP contribution in [0.1, 0.15) is 0 Å². The van der Waals surface area contributed by atoms with Gasteiger partial charge in [-0.2, -0.15) is 0 Å². The molecule has 3 N–H and O–H groups in total. The van der Waals surface area contributed by atoms with Crippen molar-refractivity contribution in [3.63, 3.8) is 0 Å². The van der Waals surface area contributed by atoms with Gasteiger partial charge in [0.2, 0.25) is 0 Å². The van der Waals surface area contributed by atoms with Crippen molar-refractivity contribution in [1.82, 2.24) is 0 Å². The number of hydrogen-bond acceptors (Lipinski definition) is 5. The molecule has 0 heterocycles. The van der Waals surface area contributed by atoms with Gasteiger partial charge in [0.05, 0.1) is 12.4 Å². The minimum absolute atomic E-state index is 0.0799. The molecular formula is C9H13NO4S. The summed E-state index contributed by atoms with van der Waals surface area (Å²) < 4.78 is 28.0. The molecule has 0 bridgehead atoms. The summed E-state index contributed by atoms with van der Waals surface area (Å²) in [5.74, 6) is -0.471. The highest BCUT2D eigenvalue weighted by molar-refractivity contribution is 7.91. The molecule has 1 aromatic rings. The first-order valence-electron chi connectivity index (χ1n) is 4.27. The molecule has 0 unspecified atom stereocenters. The Morgan fingerprint density at radius 1 is 1.47 bits per heavy atom. The molecule has 0 aliphatic rings. The number of nitrogens with two attached hydrogens (primary N) is 1. The van der Waals surface area contributed by atoms with Crippen LogP contribution >= 0.6 is 0 Å². The predicted octanol–water partition coefficient (Wildman–Crippen LogP) is 0.394. The summed E-state index contributed by atoms with van der Waals surface area (Å²) in [6.45, 7) is 0.0799. The maximum absolute atomic E-state index is 11.7. The Morgan fingerprint density at radius 2 is 2.13 bits per heavy atom. The van der Waals surface area contributed by atoms with Gasteiger partial charge in [-0.15, -0.1) is 0 Å². The number of sulfone groups is 1. The minimum Gasteiger partial charge on any atom is -0.507 e. The van der Waals surface area contributed by atoms with Crippen molar-refractivity contribution in [2.45, 2.75) is 4.90 Å². The highest BCUT2D eigenvalue weighted by atomic mass is 32.2. The molecule has 1 rings (SSSR count). The van der Waals surface area contributed by atoms with Crippen molar-refractivity contribution in [3.05, 3.63) is 18.2 Å². The van der Waals surface area contributed by atoms with Crippen molar-refractivity contribution in [2.75, 3.05) is 25.2 Å². The molecule has 0 aliphatic heterocycles. The first-order chi connectivity index (χ1) is 6.97. The molecule has 0 aromatic heterocycles. The van der Waals surface area contributed by atoms with Crippen molar-refractivity contribution in [3.8, 4) is 5.75 Å². The second kappa shape index (κ2) is 4.50. The molecular weight excluding hydrogens is 218 g/mol. The van der Waals surface area contributed by atoms with Gasteiger partial charge < -0.3 is 15.6 Å². The topological polar surface area (TPSA) is 89.6 Å². The molecule has 84 valence electrons. The van der Waals surface area contributed by atoms with Crippen molar-refractivity contribution in [2.24, 2.45) is 0 Å². The lowest BCUT2D eigenvalue weighted by Gasteiger charge is -2.06. The van der Waals surface area contributed by atoms with E-state index in [-0.39, 0.29) is 23.0 Å². The number of aromatic hydroxyl groups is 1. The fourth-order valence-electron chi connectivity index (χ4n) is 1.08. The fourth-order valence-corrected chi connectivity index (χ4v) is 2.39. The van der Waals surface area contributed by atoms with Crippen LogP contribution in [0.3, 0.4) is 0 Å². The third-order valence-electron chi connectivity index (χ3n) is 1.88. The zero-order chi connectivity index (χ0) is 11.5. The lowest BCUT2D eigenvalue weighted by molar-refractivity contribution is 0.217. The summed E-state index contributed by atoms with van der Waals surface area (Å²) in [4.78, 5) is -0.153. The van der Waals surface area contributed by atoms with E-state index in [2.05, 4.69) is 4.74 Å². The van der Waals surface area contributed by atoms with Crippen LogP contribution in [-0.4, -0.2) is 33.0 Å². The van der Waals surface area contributed by atoms with Crippen LogP contribution in [-0.2, 0) is 14.6 Å². The minimum atomic E-state index is -3.53. The van der Waals surface area contributed by atoms with Crippen LogP contribution in [0.25, 0.3) is 0 Å². The van der Waals surface area contributed by atoms with E-state index >= 15 is 0 Å². The molecule has 0 radical (unpaired) electrons. The smallest absolute Gasteiger partial charge is 0.184 e. The molecule has 15 heavy (non-hydrogen) atoms. The van der Waals surface area contributed by atoms with E-state index in [0.717, 1.165) is 0 Å². The zero-order valence-electron chi connectivity index (χ0n) is 8.30. The molecule has 0 saturated carbocycles. The first kappa shape index (κ1) is 11.8. The van der Waals surface area contributed by atoms with Crippen molar-refractivity contribution in [1.29, 1.82) is 0 Å². The van der Waals surface area contributed by atoms with E-state index < -0.39 is 9.84 Å². The van der Waals surface area contributed by atoms with Crippen LogP contribution in [0.4, 0.5) is 5.69 Å². The number of nitrogen functional groups attached to an aromatic ring is 1. The molecule has 0 aliphatic carbocycles. The Hall–Kier alpha value is -1.27. The van der Waals surface area contributed by atoms with E-state index in [4.69, 9.17) is 5.73 Å². The van der Waals surface area contributed by atoms with Crippen molar-refractivity contribution >= 4 is 15.5 Å². The molecule has 0 saturated heterocycles. The lowest BCUT2D eigenvalue weighted by atomic mass is 10.3. The highest BCUT2D eigenvalue weighted by Crippen LogP contribution is 2.25. The largest absolute Gasteiger partial charge is 0.507 e. The van der Waals surface area contributed by atoms with Crippen molar-refractivity contribution < 1.29 is 18.3 Å². The summed E-state index contributed by atoms with van der Waals surface area (Å²) in [5, 5.41) is 9.39. The van der Waals surface area contributed by atoms with Gasteiger partial charge in [0.1, 0.15) is 10.6 Å². The standard InChI is InChI=1S/C9H13NO4S/c1-14-4-5-15(12,13)9-6-7(10)2-3-8(9)11/h2-3,6,11H,4-5,10H2,1H3. The number of hydrogen-bond donors (Lipinski definition) is 2. The van der Waals surface area contributed by atoms with Gasteiger partial charge in [0.25, 0.3) is 0 Å². The fraction of sp³-hybridized carbons (Fsp3) is 0.333. The monoisotopic (exact) mass is 231 g/mol. The summed E-state index contributed by atoms with van der Waals surface area (Å²) in [6.07, 6.45) is 0. The maximum Gasteiger partial charge on any atom is 0.184 e. The van der Waals surface area contributed by atoms with Gasteiger partial charge in [0.15, 0.2) is 9.84 Å². The number of anilines is 1. The third-order valence-corrected chi connectivity index (χ3v) is 3.58. The number of phenolic OH excluding ortho intramolecular Hbond substituents is 1. The van der Waals surface area contributed by atoms with Gasteiger partial charge in [0, 0.05) is 12.8 Å². The zero-order valence-corrected chi connectivity index (χ0v) is 9.12. The second-order valence-corrected chi connectivity index (χ2v) is 5.12. The average Bonchev–Trinajstić information content (AvgIpc) is 2.18. The summed E-state index contributed by atoms with van der Waals surface area (Å²) >= 11 is 0. The normalized spacial score (nSPS) is 11.5. The van der Waals surface area contributed by atoms with Gasteiger partial charge in [-0.1, -0.05) is 0 Å². The van der Waals surface area contributed by atoms with E-state index in [1.165, 1.54) is 25.3 Å². The van der Waals surface area contributed by atoms with Crippen LogP contribution < -0.4 is 5.73 Å². The maximum atomic E-state index is 11.7. The number of rotatable bonds is 4. The third kappa shape index (κ3) is 2.84. The lowest BCUT2D eigenvalue weighted by Crippen LogP contribution is -2.12. The molecule has 0 fully saturated rings. The Labute approximate surface area is 88.4 Å². The summed E-state index contributed by atoms with van der Waals surface area (Å²) in [5.41, 5.74) is 5.74. The first-order valence-corrected chi connectivity index (χ1v) is 5.93. The molecule has 1 aromatic carbocycles. The number of phenols is 1. The van der Waals surface area contributed by atoms with Gasteiger partial charge >= 0.3 is 0 Å². The Morgan fingerprint density at radius 3 is 2.73 bits per heavy atom. The quantitative estimate of drug-likeness (QED) is 0.578. The van der Waals surface area contributed by atoms with Crippen LogP contribution in [0.2, 0.25) is 0 Å². The molecule has 0 amide bonds. The molecule has 5 nitrogen and oxygen atoms in total. The highest BCUT2D eigenvalue weighted by Gasteiger charge is 2.18. The van der Waals surface area contributed by atoms with Crippen LogP contribution in [0.5, 0.6) is 5.75 Å². The second-order valence-electron chi connectivity index (χ2n) is 3.04. The van der Waals surface area contributed by atoms with E-state index in [1.54, 1.807) is 0 Å². The summed E-state index contributed by atoms with van der Waals surface area (Å²) in [6, 6.07) is 3.93. The Balaban J connectivity index is 3.09. The van der Waals surface area contributed by atoms with E-state index in [0.29, 0.717) is 5.69 Å². The SMILES string of the molecule is COCCS(=O)(=O)c1cc(N)ccc1O. The number of ether oxygens (including phenoxy) is 1. The molecule has 0 spiro atoms. The molecule has 0 atom stereocenters. The van der Waals surface area contributed by atoms with E-state index in [1.807, 2.05) is 0 Å². The predicted molar refractivity (Wildman–Crippen MR) is 56.4 cm³/mol. The van der Waals surface area contributed by atoms with Gasteiger partial charge in [-0.25, -0.2) is 8.42 Å². The van der Waals surface area contributed by atoms with Gasteiger partial charge in [-0.05, 0) is 18.2 Å². The summed E-state index contributed by atoms with van der Waals surface area (Å²) in [7, 11) is -2.12. The average molecular weight is 231 g/mol. The van der Waals surface area contributed by atoms with Crippen LogP contribution in [0, 0.1) is 0 Å². The van der Waals surface area contributed by atoms with E-state index in [9.17, 15) is 13.5 Å².